The minimum absolute atomic E-state index is 0.300. The van der Waals surface area contributed by atoms with Gasteiger partial charge in [0.1, 0.15) is 17.9 Å². The summed E-state index contributed by atoms with van der Waals surface area (Å²) in [5.74, 6) is 0.548. The second-order valence-electron chi connectivity index (χ2n) is 4.27. The van der Waals surface area contributed by atoms with Crippen LogP contribution in [-0.4, -0.2) is 11.7 Å². The van der Waals surface area contributed by atoms with Gasteiger partial charge in [-0.2, -0.15) is 0 Å². The number of hydrogen-bond acceptors (Lipinski definition) is 3. The minimum Gasteiger partial charge on any atom is -0.424 e. The van der Waals surface area contributed by atoms with Gasteiger partial charge in [0, 0.05) is 30.4 Å². The normalized spacial score (nSPS) is 11.4. The van der Waals surface area contributed by atoms with Crippen LogP contribution in [0.2, 0.25) is 0 Å². The molecular weight excluding hydrogens is 230 g/mol. The molecule has 0 N–H and O–H groups in total. The van der Waals surface area contributed by atoms with Crippen molar-refractivity contribution in [3.05, 3.63) is 46.5 Å². The largest absolute Gasteiger partial charge is 0.424 e. The Morgan fingerprint density at radius 3 is 2.83 bits per heavy atom. The molecular formula is C14H13NO3. The molecule has 0 saturated carbocycles. The first-order valence-electron chi connectivity index (χ1n) is 5.71. The third kappa shape index (κ3) is 1.46. The lowest BCUT2D eigenvalue weighted by Gasteiger charge is -1.99. The Balaban J connectivity index is 2.49. The third-order valence-electron chi connectivity index (χ3n) is 3.16. The number of rotatable bonds is 2. The summed E-state index contributed by atoms with van der Waals surface area (Å²) in [7, 11) is 3.45. The number of methoxy groups -OCH3 is 1. The summed E-state index contributed by atoms with van der Waals surface area (Å²) in [4.78, 5) is 12.0. The molecule has 3 rings (SSSR count). The van der Waals surface area contributed by atoms with Crippen molar-refractivity contribution in [1.82, 2.24) is 4.57 Å². The lowest BCUT2D eigenvalue weighted by Crippen LogP contribution is -2.06. The average molecular weight is 243 g/mol. The van der Waals surface area contributed by atoms with E-state index in [0.29, 0.717) is 17.9 Å². The SMILES string of the molecule is COCc1cc2c3ccccc3n(C)c2c(=O)o1. The van der Waals surface area contributed by atoms with Gasteiger partial charge in [-0.05, 0) is 12.1 Å². The van der Waals surface area contributed by atoms with E-state index < -0.39 is 0 Å². The van der Waals surface area contributed by atoms with Gasteiger partial charge in [0.2, 0.25) is 0 Å². The molecule has 0 radical (unpaired) electrons. The lowest BCUT2D eigenvalue weighted by atomic mass is 10.2. The predicted molar refractivity (Wildman–Crippen MR) is 69.7 cm³/mol. The highest BCUT2D eigenvalue weighted by Gasteiger charge is 2.13. The standard InChI is InChI=1S/C14H13NO3/c1-15-12-6-4-3-5-10(12)11-7-9(8-17-2)18-14(16)13(11)15/h3-7H,8H2,1-2H3. The molecule has 0 fully saturated rings. The van der Waals surface area contributed by atoms with Crippen molar-refractivity contribution in [2.45, 2.75) is 6.61 Å². The summed E-state index contributed by atoms with van der Waals surface area (Å²) >= 11 is 0. The molecule has 2 aromatic heterocycles. The number of nitrogens with zero attached hydrogens (tertiary/aromatic N) is 1. The van der Waals surface area contributed by atoms with Crippen LogP contribution in [0.1, 0.15) is 5.76 Å². The van der Waals surface area contributed by atoms with E-state index in [0.717, 1.165) is 16.3 Å². The monoisotopic (exact) mass is 243 g/mol. The van der Waals surface area contributed by atoms with Gasteiger partial charge in [0.25, 0.3) is 0 Å². The van der Waals surface area contributed by atoms with Crippen LogP contribution in [0.4, 0.5) is 0 Å². The fraction of sp³-hybridized carbons (Fsp3) is 0.214. The highest BCUT2D eigenvalue weighted by atomic mass is 16.5. The van der Waals surface area contributed by atoms with E-state index in [4.69, 9.17) is 9.15 Å². The van der Waals surface area contributed by atoms with E-state index in [-0.39, 0.29) is 5.63 Å². The van der Waals surface area contributed by atoms with Crippen molar-refractivity contribution in [2.24, 2.45) is 7.05 Å². The molecule has 0 amide bonds. The van der Waals surface area contributed by atoms with Crippen LogP contribution < -0.4 is 5.63 Å². The number of benzene rings is 1. The number of para-hydroxylation sites is 1. The molecule has 0 unspecified atom stereocenters. The van der Waals surface area contributed by atoms with Crippen LogP contribution in [0, 0.1) is 0 Å². The zero-order valence-electron chi connectivity index (χ0n) is 10.3. The molecule has 0 atom stereocenters. The third-order valence-corrected chi connectivity index (χ3v) is 3.16. The summed E-state index contributed by atoms with van der Waals surface area (Å²) in [5, 5.41) is 1.97. The van der Waals surface area contributed by atoms with Gasteiger partial charge in [-0.15, -0.1) is 0 Å². The Labute approximate surface area is 103 Å². The van der Waals surface area contributed by atoms with Crippen molar-refractivity contribution in [1.29, 1.82) is 0 Å². The molecule has 0 aliphatic heterocycles. The van der Waals surface area contributed by atoms with E-state index >= 15 is 0 Å². The Hall–Kier alpha value is -2.07. The molecule has 18 heavy (non-hydrogen) atoms. The quantitative estimate of drug-likeness (QED) is 0.694. The van der Waals surface area contributed by atoms with Gasteiger partial charge < -0.3 is 13.7 Å². The first kappa shape index (κ1) is 11.0. The summed E-state index contributed by atoms with van der Waals surface area (Å²) in [5.41, 5.74) is 1.30. The smallest absolute Gasteiger partial charge is 0.360 e. The van der Waals surface area contributed by atoms with Crippen molar-refractivity contribution >= 4 is 21.8 Å². The van der Waals surface area contributed by atoms with E-state index in [2.05, 4.69) is 0 Å². The van der Waals surface area contributed by atoms with E-state index in [1.54, 1.807) is 7.11 Å². The van der Waals surface area contributed by atoms with Gasteiger partial charge in [-0.25, -0.2) is 4.79 Å². The first-order valence-corrected chi connectivity index (χ1v) is 5.71. The van der Waals surface area contributed by atoms with Crippen molar-refractivity contribution in [3.8, 4) is 0 Å². The Morgan fingerprint density at radius 2 is 2.06 bits per heavy atom. The summed E-state index contributed by atoms with van der Waals surface area (Å²) in [6, 6.07) is 9.80. The molecule has 0 aliphatic carbocycles. The van der Waals surface area contributed by atoms with E-state index in [1.165, 1.54) is 0 Å². The summed E-state index contributed by atoms with van der Waals surface area (Å²) in [6.07, 6.45) is 0. The zero-order chi connectivity index (χ0) is 12.7. The maximum absolute atomic E-state index is 12.0. The van der Waals surface area contributed by atoms with Crippen LogP contribution in [0.25, 0.3) is 21.8 Å². The lowest BCUT2D eigenvalue weighted by molar-refractivity contribution is 0.161. The Morgan fingerprint density at radius 1 is 1.28 bits per heavy atom. The molecule has 92 valence electrons. The molecule has 1 aromatic carbocycles. The van der Waals surface area contributed by atoms with Gasteiger partial charge in [0.15, 0.2) is 0 Å². The Bertz CT molecular complexity index is 783. The molecule has 0 aliphatic rings. The molecule has 4 heteroatoms. The van der Waals surface area contributed by atoms with E-state index in [1.807, 2.05) is 41.9 Å². The van der Waals surface area contributed by atoms with E-state index in [9.17, 15) is 4.79 Å². The summed E-state index contributed by atoms with van der Waals surface area (Å²) < 4.78 is 12.1. The molecule has 4 nitrogen and oxygen atoms in total. The average Bonchev–Trinajstić information content (AvgIpc) is 2.65. The molecule has 0 spiro atoms. The van der Waals surface area contributed by atoms with Crippen molar-refractivity contribution in [3.63, 3.8) is 0 Å². The number of aromatic nitrogens is 1. The van der Waals surface area contributed by atoms with Gasteiger partial charge in [0.05, 0.1) is 0 Å². The number of ether oxygens (including phenoxy) is 1. The number of hydrogen-bond donors (Lipinski definition) is 0. The Kier molecular flexibility index (Phi) is 2.45. The second-order valence-corrected chi connectivity index (χ2v) is 4.27. The maximum Gasteiger partial charge on any atom is 0.360 e. The highest BCUT2D eigenvalue weighted by molar-refractivity contribution is 6.07. The molecule has 3 aromatic rings. The predicted octanol–water partition coefficient (Wildman–Crippen LogP) is 2.43. The molecule has 0 saturated heterocycles. The van der Waals surface area contributed by atoms with Crippen LogP contribution >= 0.6 is 0 Å². The topological polar surface area (TPSA) is 44.4 Å². The van der Waals surface area contributed by atoms with Crippen LogP contribution in [0.3, 0.4) is 0 Å². The fourth-order valence-corrected chi connectivity index (χ4v) is 2.39. The summed E-state index contributed by atoms with van der Waals surface area (Å²) in [6.45, 7) is 0.300. The number of fused-ring (bicyclic) bond motifs is 3. The minimum atomic E-state index is -0.321. The van der Waals surface area contributed by atoms with Gasteiger partial charge >= 0.3 is 5.63 Å². The van der Waals surface area contributed by atoms with Crippen LogP contribution in [0.5, 0.6) is 0 Å². The van der Waals surface area contributed by atoms with Gasteiger partial charge in [-0.1, -0.05) is 18.2 Å². The second kappa shape index (κ2) is 3.99. The van der Waals surface area contributed by atoms with Crippen LogP contribution in [0.15, 0.2) is 39.5 Å². The van der Waals surface area contributed by atoms with Gasteiger partial charge in [-0.3, -0.25) is 0 Å². The first-order chi connectivity index (χ1) is 8.72. The van der Waals surface area contributed by atoms with Crippen LogP contribution in [-0.2, 0) is 18.4 Å². The molecule has 0 bridgehead atoms. The van der Waals surface area contributed by atoms with Crippen molar-refractivity contribution < 1.29 is 9.15 Å². The maximum atomic E-state index is 12.0. The molecule has 2 heterocycles. The zero-order valence-corrected chi connectivity index (χ0v) is 10.3. The van der Waals surface area contributed by atoms with Crippen molar-refractivity contribution in [2.75, 3.05) is 7.11 Å². The number of aryl methyl sites for hydroxylation is 1. The fourth-order valence-electron chi connectivity index (χ4n) is 2.39. The highest BCUT2D eigenvalue weighted by Crippen LogP contribution is 2.26.